The quantitative estimate of drug-likeness (QED) is 0.669. The first-order valence-corrected chi connectivity index (χ1v) is 8.56. The molecule has 2 aromatic heterocycles. The average Bonchev–Trinajstić information content (AvgIpc) is 2.47. The van der Waals surface area contributed by atoms with E-state index >= 15 is 0 Å². The number of hydrogen-bond acceptors (Lipinski definition) is 4. The molecular weight excluding hydrogens is 435 g/mol. The van der Waals surface area contributed by atoms with Crippen molar-refractivity contribution in [2.24, 2.45) is 0 Å². The summed E-state index contributed by atoms with van der Waals surface area (Å²) in [6.45, 7) is 0.612. The fourth-order valence-electron chi connectivity index (χ4n) is 1.59. The van der Waals surface area contributed by atoms with Crippen LogP contribution >= 0.6 is 0 Å². The van der Waals surface area contributed by atoms with E-state index < -0.39 is 0 Å². The summed E-state index contributed by atoms with van der Waals surface area (Å²) in [5.41, 5.74) is 1.67. The van der Waals surface area contributed by atoms with Crippen molar-refractivity contribution >= 4 is 37.5 Å². The summed E-state index contributed by atoms with van der Waals surface area (Å²) in [6, 6.07) is 7.38. The van der Waals surface area contributed by atoms with E-state index in [2.05, 4.69) is 20.6 Å². The van der Waals surface area contributed by atoms with Gasteiger partial charge in [-0.15, -0.1) is 0 Å². The number of hydrogen-bond donors (Lipinski definition) is 2. The number of pyridine rings is 2. The van der Waals surface area contributed by atoms with Crippen LogP contribution in [0.5, 0.6) is 0 Å². The maximum absolute atomic E-state index is 11.9. The van der Waals surface area contributed by atoms with E-state index in [0.717, 1.165) is 35.4 Å². The zero-order chi connectivity index (χ0) is 13.5. The van der Waals surface area contributed by atoms with Gasteiger partial charge in [-0.2, -0.15) is 0 Å². The minimum absolute atomic E-state index is 0.0830. The number of carbonyl (C=O) groups is 1. The molecule has 2 rings (SSSR count). The van der Waals surface area contributed by atoms with Gasteiger partial charge in [-0.05, 0) is 0 Å². The summed E-state index contributed by atoms with van der Waals surface area (Å²) in [7, 11) is 0. The second-order valence-corrected chi connectivity index (χ2v) is 5.17. The molecule has 3 radical (unpaired) electrons. The van der Waals surface area contributed by atoms with Gasteiger partial charge in [0, 0.05) is 0 Å². The van der Waals surface area contributed by atoms with Crippen molar-refractivity contribution in [1.29, 1.82) is 0 Å². The summed E-state index contributed by atoms with van der Waals surface area (Å²) in [4.78, 5) is 20.1. The molecule has 0 spiro atoms. The first kappa shape index (κ1) is 13.9. The summed E-state index contributed by atoms with van der Waals surface area (Å²) in [5, 5.41) is 6.01. The third-order valence-electron chi connectivity index (χ3n) is 2.51. The van der Waals surface area contributed by atoms with E-state index in [4.69, 9.17) is 0 Å². The predicted molar refractivity (Wildman–Crippen MR) is 73.9 cm³/mol. The van der Waals surface area contributed by atoms with Crippen LogP contribution in [0.3, 0.4) is 0 Å². The first-order chi connectivity index (χ1) is 9.31. The zero-order valence-electron chi connectivity index (χ0n) is 10.3. The Morgan fingerprint density at radius 2 is 2.00 bits per heavy atom. The van der Waals surface area contributed by atoms with Gasteiger partial charge in [0.15, 0.2) is 0 Å². The van der Waals surface area contributed by atoms with Gasteiger partial charge < -0.3 is 0 Å². The van der Waals surface area contributed by atoms with Crippen molar-refractivity contribution in [2.75, 3.05) is 9.42 Å². The second-order valence-electron chi connectivity index (χ2n) is 3.79. The van der Waals surface area contributed by atoms with Crippen molar-refractivity contribution in [3.05, 3.63) is 54.0 Å². The number of amides is 1. The summed E-state index contributed by atoms with van der Waals surface area (Å²) >= 11 is 0.939. The third-order valence-corrected chi connectivity index (χ3v) is 3.20. The number of carbonyl (C=O) groups excluding carboxylic acids is 1. The van der Waals surface area contributed by atoms with Crippen LogP contribution in [0.4, 0.5) is 5.82 Å². The van der Waals surface area contributed by atoms with Crippen LogP contribution in [0.2, 0.25) is 0 Å². The molecule has 6 heteroatoms. The average molecular weight is 448 g/mol. The number of nitrogens with one attached hydrogen (secondary N) is 2. The number of rotatable bonds is 5. The molecule has 2 aromatic rings. The summed E-state index contributed by atoms with van der Waals surface area (Å²) < 4.78 is 0.734. The van der Waals surface area contributed by atoms with Crippen LogP contribution in [0, 0.1) is 0 Å². The normalized spacial score (nSPS) is 9.95. The number of anilines is 1. The Bertz CT molecular complexity index is 547. The monoisotopic (exact) mass is 449 g/mol. The Morgan fingerprint density at radius 3 is 2.74 bits per heavy atom. The van der Waals surface area contributed by atoms with Crippen LogP contribution in [-0.2, 0) is 6.54 Å². The van der Waals surface area contributed by atoms with Gasteiger partial charge in [0.2, 0.25) is 0 Å². The fourth-order valence-corrected chi connectivity index (χ4v) is 2.22. The van der Waals surface area contributed by atoms with Gasteiger partial charge in [0.1, 0.15) is 0 Å². The van der Waals surface area contributed by atoms with Crippen molar-refractivity contribution in [3.63, 3.8) is 0 Å². The molecule has 19 heavy (non-hydrogen) atoms. The number of aromatic nitrogens is 2. The van der Waals surface area contributed by atoms with Gasteiger partial charge in [0.25, 0.3) is 0 Å². The molecule has 0 bridgehead atoms. The van der Waals surface area contributed by atoms with Crippen LogP contribution in [0.1, 0.15) is 15.9 Å². The third kappa shape index (κ3) is 3.98. The molecule has 0 saturated carbocycles. The van der Waals surface area contributed by atoms with Gasteiger partial charge in [-0.1, -0.05) is 0 Å². The molecule has 95 valence electrons. The topological polar surface area (TPSA) is 66.9 Å². The molecule has 1 amide bonds. The van der Waals surface area contributed by atoms with E-state index in [1.165, 1.54) is 0 Å². The molecule has 0 unspecified atom stereocenters. The van der Waals surface area contributed by atoms with Gasteiger partial charge in [0.05, 0.1) is 0 Å². The van der Waals surface area contributed by atoms with E-state index in [-0.39, 0.29) is 5.91 Å². The zero-order valence-corrected chi connectivity index (χ0v) is 14.1. The molecule has 2 heterocycles. The first-order valence-electron chi connectivity index (χ1n) is 5.82. The van der Waals surface area contributed by atoms with Gasteiger partial charge in [-0.3, -0.25) is 0 Å². The summed E-state index contributed by atoms with van der Waals surface area (Å²) in [5.74, 6) is 0.521. The number of nitrogens with zero attached hydrogens (tertiary/aromatic N) is 2. The Morgan fingerprint density at radius 1 is 1.21 bits per heavy atom. The molecule has 0 aromatic carbocycles. The Labute approximate surface area is 127 Å². The SMILES string of the molecule is O=C(N[CH2][Pb])c1cccnc1NCc1ccncc1. The second kappa shape index (κ2) is 7.17. The molecule has 0 saturated heterocycles. The van der Waals surface area contributed by atoms with E-state index in [1.54, 1.807) is 30.7 Å². The molecule has 0 atom stereocenters. The van der Waals surface area contributed by atoms with Crippen LogP contribution in [0.25, 0.3) is 0 Å². The van der Waals surface area contributed by atoms with Crippen molar-refractivity contribution in [2.45, 2.75) is 6.54 Å². The predicted octanol–water partition coefficient (Wildman–Crippen LogP) is 0.944. The molecule has 5 nitrogen and oxygen atoms in total. The molecule has 0 aliphatic rings. The van der Waals surface area contributed by atoms with Crippen molar-refractivity contribution < 1.29 is 4.79 Å². The molecular formula is C13H13N4OPb. The van der Waals surface area contributed by atoms with Crippen molar-refractivity contribution in [1.82, 2.24) is 15.3 Å². The molecule has 0 aliphatic heterocycles. The Hall–Kier alpha value is -1.51. The van der Waals surface area contributed by atoms with E-state index in [9.17, 15) is 4.79 Å². The maximum atomic E-state index is 11.9. The Kier molecular flexibility index (Phi) is 5.25. The molecule has 2 N–H and O–H groups in total. The van der Waals surface area contributed by atoms with E-state index in [0.29, 0.717) is 17.9 Å². The van der Waals surface area contributed by atoms with Gasteiger partial charge >= 0.3 is 128 Å². The van der Waals surface area contributed by atoms with Crippen LogP contribution in [0.15, 0.2) is 42.9 Å². The minimum atomic E-state index is -0.0830. The molecule has 0 fully saturated rings. The molecule has 0 aliphatic carbocycles. The fraction of sp³-hybridized carbons (Fsp3) is 0.154. The van der Waals surface area contributed by atoms with E-state index in [1.807, 2.05) is 12.1 Å². The van der Waals surface area contributed by atoms with Crippen LogP contribution < -0.4 is 10.6 Å². The van der Waals surface area contributed by atoms with Crippen molar-refractivity contribution in [3.8, 4) is 0 Å². The Balaban J connectivity index is 2.10. The summed E-state index contributed by atoms with van der Waals surface area (Å²) in [6.07, 6.45) is 5.15. The standard InChI is InChI=1S/C13H13N4O.Pb/c1-14-13(18)11-3-2-6-16-12(11)17-9-10-4-7-15-8-5-10;/h2-8H,1,9H2,(H,14,18)(H,16,17);. The van der Waals surface area contributed by atoms with Gasteiger partial charge in [-0.25, -0.2) is 0 Å². The van der Waals surface area contributed by atoms with Crippen LogP contribution in [-0.4, -0.2) is 45.7 Å².